The smallest absolute Gasteiger partial charge is 0.222 e. The first-order chi connectivity index (χ1) is 12.6. The number of likely N-dealkylation sites (tertiary alicyclic amines) is 1. The number of hydrogen-bond donors (Lipinski definition) is 1. The van der Waals surface area contributed by atoms with Crippen molar-refractivity contribution in [1.82, 2.24) is 24.6 Å². The number of nitrogens with zero attached hydrogens (tertiary/aromatic N) is 4. The molecule has 3 heterocycles. The van der Waals surface area contributed by atoms with Crippen LogP contribution in [0.25, 0.3) is 11.0 Å². The minimum Gasteiger partial charge on any atom is -0.343 e. The quantitative estimate of drug-likeness (QED) is 0.782. The van der Waals surface area contributed by atoms with E-state index in [0.29, 0.717) is 12.8 Å². The second-order valence-corrected chi connectivity index (χ2v) is 6.88. The third-order valence-corrected chi connectivity index (χ3v) is 5.21. The summed E-state index contributed by atoms with van der Waals surface area (Å²) in [5.41, 5.74) is 2.59. The highest BCUT2D eigenvalue weighted by atomic mass is 19.1. The van der Waals surface area contributed by atoms with Crippen LogP contribution >= 0.6 is 0 Å². The number of carbonyl (C=O) groups excluding carboxylic acids is 1. The zero-order valence-corrected chi connectivity index (χ0v) is 14.8. The molecule has 1 aliphatic rings. The lowest BCUT2D eigenvalue weighted by atomic mass is 9.96. The summed E-state index contributed by atoms with van der Waals surface area (Å²) in [4.78, 5) is 22.2. The monoisotopic (exact) mass is 355 g/mol. The molecule has 0 radical (unpaired) electrons. The summed E-state index contributed by atoms with van der Waals surface area (Å²) in [6.07, 6.45) is 4.72. The molecule has 1 fully saturated rings. The molecule has 0 spiro atoms. The number of H-pyrrole nitrogens is 1. The van der Waals surface area contributed by atoms with Gasteiger partial charge < -0.3 is 9.88 Å². The predicted octanol–water partition coefficient (Wildman–Crippen LogP) is 2.77. The standard InChI is InChI=1S/C19H22FN5O/c1-24-15(6-9-21-24)3-5-18(26)25-10-7-13(8-11-25)19-22-16-4-2-14(20)12-17(16)23-19/h2,4,6,9,12-13H,3,5,7-8,10-11H2,1H3,(H,22,23). The van der Waals surface area contributed by atoms with E-state index in [4.69, 9.17) is 0 Å². The minimum atomic E-state index is -0.262. The number of benzene rings is 1. The van der Waals surface area contributed by atoms with Crippen LogP contribution in [0, 0.1) is 5.82 Å². The van der Waals surface area contributed by atoms with Crippen LogP contribution in [-0.2, 0) is 18.3 Å². The van der Waals surface area contributed by atoms with Gasteiger partial charge in [-0.05, 0) is 43.5 Å². The highest BCUT2D eigenvalue weighted by molar-refractivity contribution is 5.77. The van der Waals surface area contributed by atoms with Gasteiger partial charge in [-0.3, -0.25) is 9.48 Å². The third-order valence-electron chi connectivity index (χ3n) is 5.21. The molecular weight excluding hydrogens is 333 g/mol. The molecule has 0 unspecified atom stereocenters. The molecule has 3 aromatic rings. The number of carbonyl (C=O) groups is 1. The van der Waals surface area contributed by atoms with Crippen LogP contribution in [0.15, 0.2) is 30.5 Å². The number of aryl methyl sites for hydroxylation is 2. The van der Waals surface area contributed by atoms with Gasteiger partial charge in [0.15, 0.2) is 0 Å². The Labute approximate surface area is 151 Å². The van der Waals surface area contributed by atoms with E-state index in [2.05, 4.69) is 15.1 Å². The van der Waals surface area contributed by atoms with Crippen LogP contribution in [-0.4, -0.2) is 43.6 Å². The van der Waals surface area contributed by atoms with Crippen molar-refractivity contribution in [2.24, 2.45) is 7.05 Å². The van der Waals surface area contributed by atoms with Crippen molar-refractivity contribution in [3.05, 3.63) is 47.8 Å². The average molecular weight is 355 g/mol. The van der Waals surface area contributed by atoms with E-state index in [0.717, 1.165) is 48.5 Å². The SMILES string of the molecule is Cn1nccc1CCC(=O)N1CCC(c2nc3ccc(F)cc3[nH]2)CC1. The van der Waals surface area contributed by atoms with E-state index in [1.807, 2.05) is 22.7 Å². The lowest BCUT2D eigenvalue weighted by Crippen LogP contribution is -2.38. The van der Waals surface area contributed by atoms with Crippen LogP contribution in [0.1, 0.15) is 36.7 Å². The number of fused-ring (bicyclic) bond motifs is 1. The van der Waals surface area contributed by atoms with E-state index < -0.39 is 0 Å². The predicted molar refractivity (Wildman–Crippen MR) is 96.1 cm³/mol. The van der Waals surface area contributed by atoms with E-state index in [9.17, 15) is 9.18 Å². The zero-order chi connectivity index (χ0) is 18.1. The molecular formula is C19H22FN5O. The molecule has 2 aromatic heterocycles. The Morgan fingerprint density at radius 2 is 2.12 bits per heavy atom. The van der Waals surface area contributed by atoms with Crippen molar-refractivity contribution >= 4 is 16.9 Å². The van der Waals surface area contributed by atoms with E-state index in [1.165, 1.54) is 12.1 Å². The summed E-state index contributed by atoms with van der Waals surface area (Å²) < 4.78 is 15.1. The highest BCUT2D eigenvalue weighted by Gasteiger charge is 2.25. The summed E-state index contributed by atoms with van der Waals surface area (Å²) in [5.74, 6) is 1.11. The fraction of sp³-hybridized carbons (Fsp3) is 0.421. The highest BCUT2D eigenvalue weighted by Crippen LogP contribution is 2.28. The molecule has 7 heteroatoms. The number of rotatable bonds is 4. The van der Waals surface area contributed by atoms with Crippen LogP contribution in [0.2, 0.25) is 0 Å². The molecule has 4 rings (SSSR count). The summed E-state index contributed by atoms with van der Waals surface area (Å²) in [6.45, 7) is 1.47. The van der Waals surface area contributed by atoms with Crippen molar-refractivity contribution in [2.75, 3.05) is 13.1 Å². The van der Waals surface area contributed by atoms with Gasteiger partial charge in [0.25, 0.3) is 0 Å². The molecule has 136 valence electrons. The number of halogens is 1. The first-order valence-electron chi connectivity index (χ1n) is 9.00. The van der Waals surface area contributed by atoms with Crippen molar-refractivity contribution in [3.63, 3.8) is 0 Å². The molecule has 1 amide bonds. The van der Waals surface area contributed by atoms with Gasteiger partial charge in [-0.1, -0.05) is 0 Å². The van der Waals surface area contributed by atoms with E-state index in [1.54, 1.807) is 12.3 Å². The number of aromatic amines is 1. The Morgan fingerprint density at radius 3 is 2.85 bits per heavy atom. The topological polar surface area (TPSA) is 66.8 Å². The van der Waals surface area contributed by atoms with Crippen molar-refractivity contribution in [1.29, 1.82) is 0 Å². The van der Waals surface area contributed by atoms with Gasteiger partial charge in [0.05, 0.1) is 11.0 Å². The molecule has 1 aliphatic heterocycles. The summed E-state index contributed by atoms with van der Waals surface area (Å²) in [6, 6.07) is 6.55. The fourth-order valence-corrected chi connectivity index (χ4v) is 3.64. The first kappa shape index (κ1) is 16.8. The van der Waals surface area contributed by atoms with Gasteiger partial charge in [-0.2, -0.15) is 5.10 Å². The van der Waals surface area contributed by atoms with E-state index in [-0.39, 0.29) is 17.6 Å². The summed E-state index contributed by atoms with van der Waals surface area (Å²) in [7, 11) is 1.89. The Kier molecular flexibility index (Phi) is 4.44. The van der Waals surface area contributed by atoms with E-state index >= 15 is 0 Å². The second-order valence-electron chi connectivity index (χ2n) is 6.88. The molecule has 1 saturated heterocycles. The number of nitrogens with one attached hydrogen (secondary N) is 1. The Morgan fingerprint density at radius 1 is 1.31 bits per heavy atom. The number of piperidine rings is 1. The Bertz CT molecular complexity index is 923. The van der Waals surface area contributed by atoms with Gasteiger partial charge in [-0.25, -0.2) is 9.37 Å². The van der Waals surface area contributed by atoms with Crippen LogP contribution in [0.3, 0.4) is 0 Å². The average Bonchev–Trinajstić information content (AvgIpc) is 3.25. The number of amides is 1. The lowest BCUT2D eigenvalue weighted by molar-refractivity contribution is -0.132. The number of aromatic nitrogens is 4. The van der Waals surface area contributed by atoms with Crippen LogP contribution < -0.4 is 0 Å². The molecule has 1 N–H and O–H groups in total. The third kappa shape index (κ3) is 3.34. The largest absolute Gasteiger partial charge is 0.343 e. The minimum absolute atomic E-state index is 0.191. The maximum absolute atomic E-state index is 13.3. The van der Waals surface area contributed by atoms with Gasteiger partial charge >= 0.3 is 0 Å². The van der Waals surface area contributed by atoms with Gasteiger partial charge in [-0.15, -0.1) is 0 Å². The van der Waals surface area contributed by atoms with Gasteiger partial charge in [0.1, 0.15) is 11.6 Å². The van der Waals surface area contributed by atoms with Crippen LogP contribution in [0.4, 0.5) is 4.39 Å². The second kappa shape index (κ2) is 6.90. The first-order valence-corrected chi connectivity index (χ1v) is 9.00. The Hall–Kier alpha value is -2.70. The fourth-order valence-electron chi connectivity index (χ4n) is 3.64. The zero-order valence-electron chi connectivity index (χ0n) is 14.8. The molecule has 0 saturated carbocycles. The molecule has 26 heavy (non-hydrogen) atoms. The number of imidazole rings is 1. The molecule has 0 atom stereocenters. The summed E-state index contributed by atoms with van der Waals surface area (Å²) >= 11 is 0. The molecule has 0 bridgehead atoms. The molecule has 0 aliphatic carbocycles. The maximum Gasteiger partial charge on any atom is 0.222 e. The molecule has 6 nitrogen and oxygen atoms in total. The number of hydrogen-bond acceptors (Lipinski definition) is 3. The normalized spacial score (nSPS) is 15.7. The maximum atomic E-state index is 13.3. The summed E-state index contributed by atoms with van der Waals surface area (Å²) in [5, 5.41) is 4.13. The van der Waals surface area contributed by atoms with Gasteiger partial charge in [0, 0.05) is 44.4 Å². The molecule has 1 aromatic carbocycles. The van der Waals surface area contributed by atoms with Crippen molar-refractivity contribution in [2.45, 2.75) is 31.6 Å². The van der Waals surface area contributed by atoms with Crippen molar-refractivity contribution < 1.29 is 9.18 Å². The van der Waals surface area contributed by atoms with Crippen LogP contribution in [0.5, 0.6) is 0 Å². The lowest BCUT2D eigenvalue weighted by Gasteiger charge is -2.31. The Balaban J connectivity index is 1.34. The van der Waals surface area contributed by atoms with Crippen molar-refractivity contribution in [3.8, 4) is 0 Å². The van der Waals surface area contributed by atoms with Gasteiger partial charge in [0.2, 0.25) is 5.91 Å².